The third-order valence-corrected chi connectivity index (χ3v) is 6.62. The number of nitrogens with one attached hydrogen (secondary N) is 1. The fraction of sp³-hybridized carbons (Fsp3) is 0.292. The highest BCUT2D eigenvalue weighted by molar-refractivity contribution is 6.35. The minimum absolute atomic E-state index is 0.0899. The first-order valence-electron chi connectivity index (χ1n) is 10.4. The molecular formula is C24H22Cl2N4O2. The lowest BCUT2D eigenvalue weighted by Gasteiger charge is -2.38. The molecule has 164 valence electrons. The van der Waals surface area contributed by atoms with Crippen molar-refractivity contribution in [2.45, 2.75) is 39.3 Å². The molecule has 2 aliphatic rings. The van der Waals surface area contributed by atoms with Gasteiger partial charge in [0.25, 0.3) is 0 Å². The zero-order chi connectivity index (χ0) is 22.5. The van der Waals surface area contributed by atoms with Crippen LogP contribution in [-0.4, -0.2) is 20.5 Å². The molecule has 0 fully saturated rings. The number of nitrogens with zero attached hydrogens (tertiary/aromatic N) is 3. The smallest absolute Gasteiger partial charge is 0.226 e. The van der Waals surface area contributed by atoms with Crippen molar-refractivity contribution in [3.05, 3.63) is 81.2 Å². The molecule has 8 heteroatoms. The number of fused-ring (bicyclic) bond motifs is 1. The lowest BCUT2D eigenvalue weighted by molar-refractivity contribution is -0.118. The van der Waals surface area contributed by atoms with Crippen LogP contribution in [0.4, 0.5) is 5.95 Å². The number of hydrogen-bond acceptors (Lipinski definition) is 5. The third kappa shape index (κ3) is 3.78. The van der Waals surface area contributed by atoms with Crippen molar-refractivity contribution in [3.63, 3.8) is 0 Å². The van der Waals surface area contributed by atoms with Gasteiger partial charge in [0.05, 0.1) is 0 Å². The van der Waals surface area contributed by atoms with Crippen LogP contribution in [0.25, 0.3) is 0 Å². The molecule has 0 radical (unpaired) electrons. The number of Topliss-reactive ketones (excluding diaryl/α,β-unsaturated/α-hetero) is 1. The largest absolute Gasteiger partial charge is 0.489 e. The van der Waals surface area contributed by atoms with Crippen LogP contribution in [0.1, 0.15) is 43.9 Å². The zero-order valence-corrected chi connectivity index (χ0v) is 19.2. The quantitative estimate of drug-likeness (QED) is 0.522. The Morgan fingerprint density at radius 2 is 1.84 bits per heavy atom. The molecule has 1 aliphatic carbocycles. The average Bonchev–Trinajstić information content (AvgIpc) is 3.19. The van der Waals surface area contributed by atoms with Gasteiger partial charge < -0.3 is 10.1 Å². The Morgan fingerprint density at radius 3 is 2.56 bits per heavy atom. The summed E-state index contributed by atoms with van der Waals surface area (Å²) in [6.07, 6.45) is 2.80. The van der Waals surface area contributed by atoms with Crippen molar-refractivity contribution in [2.24, 2.45) is 5.41 Å². The van der Waals surface area contributed by atoms with Gasteiger partial charge in [0.2, 0.25) is 5.95 Å². The molecule has 1 atom stereocenters. The Kier molecular flexibility index (Phi) is 5.22. The fourth-order valence-corrected chi connectivity index (χ4v) is 4.94. The van der Waals surface area contributed by atoms with Gasteiger partial charge in [-0.05, 0) is 41.7 Å². The summed E-state index contributed by atoms with van der Waals surface area (Å²) in [5.74, 6) is 1.47. The van der Waals surface area contributed by atoms with E-state index in [0.29, 0.717) is 28.2 Å². The highest BCUT2D eigenvalue weighted by atomic mass is 35.5. The van der Waals surface area contributed by atoms with E-state index in [4.69, 9.17) is 27.9 Å². The first-order valence-corrected chi connectivity index (χ1v) is 11.2. The number of halogens is 2. The summed E-state index contributed by atoms with van der Waals surface area (Å²) in [6, 6.07) is 12.7. The van der Waals surface area contributed by atoms with Crippen molar-refractivity contribution in [2.75, 3.05) is 5.32 Å². The average molecular weight is 469 g/mol. The Bertz CT molecular complexity index is 1210. The number of allylic oxidation sites excluding steroid dienone is 2. The van der Waals surface area contributed by atoms with Crippen molar-refractivity contribution < 1.29 is 9.53 Å². The first kappa shape index (κ1) is 21.0. The van der Waals surface area contributed by atoms with E-state index in [0.717, 1.165) is 28.8 Å². The minimum atomic E-state index is -0.320. The Morgan fingerprint density at radius 1 is 1.12 bits per heavy atom. The maximum Gasteiger partial charge on any atom is 0.226 e. The molecule has 1 aliphatic heterocycles. The maximum atomic E-state index is 13.1. The summed E-state index contributed by atoms with van der Waals surface area (Å²) < 4.78 is 7.68. The van der Waals surface area contributed by atoms with Gasteiger partial charge in [-0.3, -0.25) is 4.79 Å². The van der Waals surface area contributed by atoms with Crippen LogP contribution in [0.15, 0.2) is 60.1 Å². The predicted molar refractivity (Wildman–Crippen MR) is 124 cm³/mol. The summed E-state index contributed by atoms with van der Waals surface area (Å²) in [7, 11) is 0. The van der Waals surface area contributed by atoms with E-state index >= 15 is 0 Å². The highest BCUT2D eigenvalue weighted by Gasteiger charge is 2.41. The molecule has 3 aromatic rings. The topological polar surface area (TPSA) is 69.0 Å². The number of anilines is 1. The summed E-state index contributed by atoms with van der Waals surface area (Å²) >= 11 is 12.5. The van der Waals surface area contributed by atoms with Gasteiger partial charge >= 0.3 is 0 Å². The van der Waals surface area contributed by atoms with E-state index in [1.54, 1.807) is 22.9 Å². The number of rotatable bonds is 4. The molecule has 1 aromatic heterocycles. The lowest BCUT2D eigenvalue weighted by Crippen LogP contribution is -2.36. The summed E-state index contributed by atoms with van der Waals surface area (Å²) in [5.41, 5.74) is 3.30. The van der Waals surface area contributed by atoms with Gasteiger partial charge in [-0.25, -0.2) is 4.68 Å². The summed E-state index contributed by atoms with van der Waals surface area (Å²) in [5, 5.41) is 8.85. The van der Waals surface area contributed by atoms with Gasteiger partial charge in [0.15, 0.2) is 5.78 Å². The molecule has 0 saturated heterocycles. The molecule has 0 bridgehead atoms. The number of hydrogen-bond donors (Lipinski definition) is 1. The number of aromatic nitrogens is 3. The molecular weight excluding hydrogens is 447 g/mol. The second-order valence-corrected chi connectivity index (χ2v) is 9.76. The van der Waals surface area contributed by atoms with Crippen molar-refractivity contribution in [1.82, 2.24) is 14.8 Å². The van der Waals surface area contributed by atoms with Gasteiger partial charge in [0, 0.05) is 33.3 Å². The van der Waals surface area contributed by atoms with Crippen molar-refractivity contribution in [1.29, 1.82) is 0 Å². The van der Waals surface area contributed by atoms with Crippen molar-refractivity contribution >= 4 is 34.9 Å². The number of carbonyl (C=O) groups excluding carboxylic acids is 1. The predicted octanol–water partition coefficient (Wildman–Crippen LogP) is 5.82. The molecule has 0 saturated carbocycles. The minimum Gasteiger partial charge on any atom is -0.489 e. The first-order chi connectivity index (χ1) is 15.3. The Balaban J connectivity index is 1.44. The van der Waals surface area contributed by atoms with Gasteiger partial charge in [0.1, 0.15) is 24.7 Å². The van der Waals surface area contributed by atoms with E-state index in [1.165, 1.54) is 6.33 Å². The molecule has 0 amide bonds. The van der Waals surface area contributed by atoms with E-state index in [1.807, 2.05) is 24.3 Å². The van der Waals surface area contributed by atoms with E-state index in [-0.39, 0.29) is 23.8 Å². The Hall–Kier alpha value is -2.83. The van der Waals surface area contributed by atoms with E-state index < -0.39 is 0 Å². The SMILES string of the molecule is CC1(C)CC(=O)C2=C(C1)Nc1ncnn1C2c1ccc(OCc2c(Cl)cccc2Cl)cc1. The van der Waals surface area contributed by atoms with Crippen molar-refractivity contribution in [3.8, 4) is 5.75 Å². The van der Waals surface area contributed by atoms with Crippen LogP contribution < -0.4 is 10.1 Å². The maximum absolute atomic E-state index is 13.1. The molecule has 1 unspecified atom stereocenters. The van der Waals surface area contributed by atoms with Crippen LogP contribution >= 0.6 is 23.2 Å². The summed E-state index contributed by atoms with van der Waals surface area (Å²) in [6.45, 7) is 4.49. The van der Waals surface area contributed by atoms with Gasteiger partial charge in [-0.2, -0.15) is 10.1 Å². The standard InChI is InChI=1S/C24H22Cl2N4O2/c1-24(2)10-19-21(20(31)11-24)22(30-23(29-19)27-13-28-30)14-6-8-15(9-7-14)32-12-16-17(25)4-3-5-18(16)26/h3-9,13,22H,10-12H2,1-2H3,(H,27,28,29). The van der Waals surface area contributed by atoms with Crippen LogP contribution in [0.5, 0.6) is 5.75 Å². The second kappa shape index (κ2) is 7.94. The van der Waals surface area contributed by atoms with Crippen LogP contribution in [0.3, 0.4) is 0 Å². The summed E-state index contributed by atoms with van der Waals surface area (Å²) in [4.78, 5) is 17.5. The van der Waals surface area contributed by atoms with Gasteiger partial charge in [-0.1, -0.05) is 55.2 Å². The van der Waals surface area contributed by atoms with Crippen LogP contribution in [0, 0.1) is 5.41 Å². The van der Waals surface area contributed by atoms with Crippen LogP contribution in [0.2, 0.25) is 10.0 Å². The fourth-order valence-electron chi connectivity index (χ4n) is 4.43. The number of carbonyl (C=O) groups is 1. The molecule has 6 nitrogen and oxygen atoms in total. The molecule has 0 spiro atoms. The molecule has 5 rings (SSSR count). The monoisotopic (exact) mass is 468 g/mol. The van der Waals surface area contributed by atoms with Crippen LogP contribution in [-0.2, 0) is 11.4 Å². The van der Waals surface area contributed by atoms with E-state index in [2.05, 4.69) is 29.2 Å². The third-order valence-electron chi connectivity index (χ3n) is 5.91. The zero-order valence-electron chi connectivity index (χ0n) is 17.7. The highest BCUT2D eigenvalue weighted by Crippen LogP contribution is 2.45. The lowest BCUT2D eigenvalue weighted by atomic mass is 9.73. The molecule has 2 aromatic carbocycles. The molecule has 1 N–H and O–H groups in total. The normalized spacial score (nSPS) is 19.2. The second-order valence-electron chi connectivity index (χ2n) is 8.95. The van der Waals surface area contributed by atoms with E-state index in [9.17, 15) is 4.79 Å². The molecule has 32 heavy (non-hydrogen) atoms. The molecule has 2 heterocycles. The number of ether oxygens (including phenoxy) is 1. The number of benzene rings is 2. The van der Waals surface area contributed by atoms with Gasteiger partial charge in [-0.15, -0.1) is 0 Å². The Labute approximate surface area is 196 Å². The number of ketones is 1.